The molecule has 0 radical (unpaired) electrons. The first-order valence-electron chi connectivity index (χ1n) is 9.19. The van der Waals surface area contributed by atoms with Crippen LogP contribution in [0.1, 0.15) is 10.4 Å². The van der Waals surface area contributed by atoms with Crippen LogP contribution in [-0.4, -0.2) is 0 Å². The average molecular weight is 512 g/mol. The maximum absolute atomic E-state index is 13.7. The number of aryl methyl sites for hydroxylation is 2. The molecule has 0 amide bonds. The van der Waals surface area contributed by atoms with E-state index in [1.807, 2.05) is 22.7 Å². The van der Waals surface area contributed by atoms with Crippen molar-refractivity contribution in [2.75, 3.05) is 0 Å². The highest BCUT2D eigenvalue weighted by Crippen LogP contribution is 2.55. The van der Waals surface area contributed by atoms with Gasteiger partial charge in [0.25, 0.3) is 0 Å². The van der Waals surface area contributed by atoms with Gasteiger partial charge in [0.15, 0.2) is 0 Å². The molecule has 28 heavy (non-hydrogen) atoms. The minimum absolute atomic E-state index is 0.143. The summed E-state index contributed by atoms with van der Waals surface area (Å²) in [4.78, 5) is 1.37. The third-order valence-corrected chi connectivity index (χ3v) is 8.28. The van der Waals surface area contributed by atoms with E-state index in [1.54, 1.807) is 12.1 Å². The van der Waals surface area contributed by atoms with Crippen molar-refractivity contribution in [2.24, 2.45) is 0 Å². The van der Waals surface area contributed by atoms with Gasteiger partial charge in [-0.05, 0) is 98.6 Å². The topological polar surface area (TPSA) is 0 Å². The molecule has 5 aromatic rings. The number of halogens is 2. The second kappa shape index (κ2) is 6.37. The second-order valence-electron chi connectivity index (χ2n) is 7.22. The van der Waals surface area contributed by atoms with Gasteiger partial charge >= 0.3 is 0 Å². The summed E-state index contributed by atoms with van der Waals surface area (Å²) in [5, 5.41) is 4.84. The van der Waals surface area contributed by atoms with Crippen LogP contribution in [0.4, 0.5) is 4.39 Å². The standard InChI is InChI=1S/C24H14FIS2/c25-16-9-13(10-17(26)12-16)1-4-18-11-15-3-6-20-21-19(22(20)24(15)28-18)5-2-14-7-8-27-23(14)21/h2-3,5-12H,1,4H2. The van der Waals surface area contributed by atoms with Crippen molar-refractivity contribution in [3.63, 3.8) is 0 Å². The molecule has 2 aromatic heterocycles. The first-order chi connectivity index (χ1) is 13.7. The van der Waals surface area contributed by atoms with Crippen LogP contribution in [0.5, 0.6) is 0 Å². The largest absolute Gasteiger partial charge is 0.207 e. The highest BCUT2D eigenvalue weighted by atomic mass is 127. The van der Waals surface area contributed by atoms with Crippen LogP contribution in [0.2, 0.25) is 0 Å². The van der Waals surface area contributed by atoms with E-state index < -0.39 is 0 Å². The van der Waals surface area contributed by atoms with Gasteiger partial charge in [-0.15, -0.1) is 22.7 Å². The molecule has 136 valence electrons. The molecule has 6 rings (SSSR count). The Morgan fingerprint density at radius 3 is 2.39 bits per heavy atom. The summed E-state index contributed by atoms with van der Waals surface area (Å²) in [6, 6.07) is 18.9. The molecule has 4 heteroatoms. The molecule has 0 spiro atoms. The van der Waals surface area contributed by atoms with Crippen molar-refractivity contribution in [3.05, 3.63) is 79.8 Å². The van der Waals surface area contributed by atoms with E-state index in [0.717, 1.165) is 22.0 Å². The second-order valence-corrected chi connectivity index (χ2v) is 10.5. The number of thiophene rings is 2. The monoisotopic (exact) mass is 512 g/mol. The summed E-state index contributed by atoms with van der Waals surface area (Å²) in [7, 11) is 0. The van der Waals surface area contributed by atoms with Crippen LogP contribution in [-0.2, 0) is 12.8 Å². The highest BCUT2D eigenvalue weighted by molar-refractivity contribution is 14.1. The molecule has 0 unspecified atom stereocenters. The summed E-state index contributed by atoms with van der Waals surface area (Å²) in [6.45, 7) is 0. The Bertz CT molecular complexity index is 1370. The zero-order valence-corrected chi connectivity index (χ0v) is 18.6. The van der Waals surface area contributed by atoms with Gasteiger partial charge in [0.1, 0.15) is 5.82 Å². The molecule has 0 nitrogen and oxygen atoms in total. The predicted molar refractivity (Wildman–Crippen MR) is 128 cm³/mol. The summed E-state index contributed by atoms with van der Waals surface area (Å²) in [6.07, 6.45) is 1.82. The van der Waals surface area contributed by atoms with Gasteiger partial charge in [-0.1, -0.05) is 24.3 Å². The number of fused-ring (bicyclic) bond motifs is 8. The van der Waals surface area contributed by atoms with Crippen molar-refractivity contribution >= 4 is 65.4 Å². The van der Waals surface area contributed by atoms with Crippen LogP contribution in [0.25, 0.3) is 42.4 Å². The van der Waals surface area contributed by atoms with Crippen molar-refractivity contribution in [1.29, 1.82) is 0 Å². The summed E-state index contributed by atoms with van der Waals surface area (Å²) in [5.41, 5.74) is 6.70. The molecule has 0 saturated carbocycles. The number of rotatable bonds is 3. The lowest BCUT2D eigenvalue weighted by Crippen LogP contribution is -1.98. The lowest BCUT2D eigenvalue weighted by atomic mass is 9.79. The Balaban J connectivity index is 1.37. The quantitative estimate of drug-likeness (QED) is 0.209. The molecular formula is C24H14FIS2. The minimum atomic E-state index is -0.143. The first-order valence-corrected chi connectivity index (χ1v) is 12.0. The molecule has 2 heterocycles. The van der Waals surface area contributed by atoms with E-state index in [1.165, 1.54) is 47.3 Å². The maximum Gasteiger partial charge on any atom is 0.124 e. The van der Waals surface area contributed by atoms with Crippen LogP contribution in [0.15, 0.2) is 60.0 Å². The zero-order valence-electron chi connectivity index (χ0n) is 14.8. The smallest absolute Gasteiger partial charge is 0.124 e. The summed E-state index contributed by atoms with van der Waals surface area (Å²) < 4.78 is 17.4. The van der Waals surface area contributed by atoms with E-state index in [4.69, 9.17) is 0 Å². The van der Waals surface area contributed by atoms with Crippen molar-refractivity contribution in [3.8, 4) is 22.3 Å². The van der Waals surface area contributed by atoms with Gasteiger partial charge in [0, 0.05) is 29.0 Å². The third kappa shape index (κ3) is 2.58. The molecule has 0 N–H and O–H groups in total. The fraction of sp³-hybridized carbons (Fsp3) is 0.0833. The molecule has 0 bridgehead atoms. The minimum Gasteiger partial charge on any atom is -0.207 e. The Morgan fingerprint density at radius 1 is 0.786 bits per heavy atom. The number of hydrogen-bond acceptors (Lipinski definition) is 2. The van der Waals surface area contributed by atoms with E-state index in [-0.39, 0.29) is 5.82 Å². The Morgan fingerprint density at radius 2 is 1.57 bits per heavy atom. The molecule has 0 atom stereocenters. The molecular weight excluding hydrogens is 498 g/mol. The number of hydrogen-bond donors (Lipinski definition) is 0. The lowest BCUT2D eigenvalue weighted by molar-refractivity contribution is 0.624. The normalized spacial score (nSPS) is 12.2. The van der Waals surface area contributed by atoms with Crippen LogP contribution in [0, 0.1) is 9.39 Å². The van der Waals surface area contributed by atoms with Crippen molar-refractivity contribution < 1.29 is 4.39 Å². The fourth-order valence-corrected chi connectivity index (χ4v) is 7.10. The average Bonchev–Trinajstić information content (AvgIpc) is 3.27. The molecule has 1 aliphatic carbocycles. The molecule has 3 aromatic carbocycles. The summed E-state index contributed by atoms with van der Waals surface area (Å²) in [5.74, 6) is -0.143. The van der Waals surface area contributed by atoms with E-state index in [0.29, 0.717) is 0 Å². The molecule has 0 fully saturated rings. The summed E-state index contributed by atoms with van der Waals surface area (Å²) >= 11 is 5.91. The third-order valence-electron chi connectivity index (χ3n) is 5.48. The predicted octanol–water partition coefficient (Wildman–Crippen LogP) is 8.29. The van der Waals surface area contributed by atoms with E-state index >= 15 is 0 Å². The highest BCUT2D eigenvalue weighted by Gasteiger charge is 2.28. The van der Waals surface area contributed by atoms with Crippen molar-refractivity contribution in [2.45, 2.75) is 12.8 Å². The van der Waals surface area contributed by atoms with Gasteiger partial charge in [0.05, 0.1) is 0 Å². The van der Waals surface area contributed by atoms with Gasteiger partial charge in [-0.25, -0.2) is 4.39 Å². The Kier molecular flexibility index (Phi) is 3.90. The zero-order chi connectivity index (χ0) is 18.8. The SMILES string of the molecule is Fc1cc(I)cc(CCc2cc3ccc4c(c3s2)-c2ccc3ccsc3c2-4)c1. The molecule has 0 saturated heterocycles. The molecule has 1 aliphatic rings. The molecule has 0 aliphatic heterocycles. The van der Waals surface area contributed by atoms with Crippen LogP contribution >= 0.6 is 45.3 Å². The number of benzene rings is 3. The van der Waals surface area contributed by atoms with E-state index in [2.05, 4.69) is 70.4 Å². The Hall–Kier alpha value is -1.76. The van der Waals surface area contributed by atoms with Gasteiger partial charge in [-0.3, -0.25) is 0 Å². The van der Waals surface area contributed by atoms with Gasteiger partial charge in [-0.2, -0.15) is 0 Å². The Labute approximate surface area is 183 Å². The van der Waals surface area contributed by atoms with Crippen LogP contribution in [0.3, 0.4) is 0 Å². The van der Waals surface area contributed by atoms with Gasteiger partial charge in [0.2, 0.25) is 0 Å². The first kappa shape index (κ1) is 17.1. The fourth-order valence-electron chi connectivity index (χ4n) is 4.22. The van der Waals surface area contributed by atoms with E-state index in [9.17, 15) is 4.39 Å². The lowest BCUT2D eigenvalue weighted by Gasteiger charge is -2.25. The van der Waals surface area contributed by atoms with Gasteiger partial charge < -0.3 is 0 Å². The maximum atomic E-state index is 13.7. The van der Waals surface area contributed by atoms with Crippen LogP contribution < -0.4 is 0 Å². The van der Waals surface area contributed by atoms with Crippen molar-refractivity contribution in [1.82, 2.24) is 0 Å².